The van der Waals surface area contributed by atoms with Crippen LogP contribution in [0.15, 0.2) is 17.5 Å². The van der Waals surface area contributed by atoms with Gasteiger partial charge in [0.1, 0.15) is 11.7 Å². The summed E-state index contributed by atoms with van der Waals surface area (Å²) in [6.07, 6.45) is 0.982. The van der Waals surface area contributed by atoms with Gasteiger partial charge in [0.05, 0.1) is 18.1 Å². The minimum absolute atomic E-state index is 0.110. The van der Waals surface area contributed by atoms with Crippen LogP contribution in [0.3, 0.4) is 0 Å². The van der Waals surface area contributed by atoms with Crippen molar-refractivity contribution in [2.24, 2.45) is 5.92 Å². The van der Waals surface area contributed by atoms with E-state index in [9.17, 15) is 14.9 Å². The van der Waals surface area contributed by atoms with Crippen molar-refractivity contribution in [3.05, 3.63) is 22.4 Å². The van der Waals surface area contributed by atoms with Crippen molar-refractivity contribution in [1.82, 2.24) is 0 Å². The monoisotopic (exact) mass is 277 g/mol. The summed E-state index contributed by atoms with van der Waals surface area (Å²) in [5.41, 5.74) is -0.723. The summed E-state index contributed by atoms with van der Waals surface area (Å²) < 4.78 is 4.94. The lowest BCUT2D eigenvalue weighted by Crippen LogP contribution is -2.40. The molecule has 0 spiro atoms. The number of Topliss-reactive ketones (excluding diaryl/α,β-unsaturated/α-hetero) is 1. The highest BCUT2D eigenvalue weighted by Gasteiger charge is 2.45. The van der Waals surface area contributed by atoms with Crippen LogP contribution in [0.2, 0.25) is 0 Å². The average molecular weight is 277 g/mol. The molecule has 1 aromatic rings. The molecule has 0 N–H and O–H groups in total. The fourth-order valence-corrected chi connectivity index (χ4v) is 3.38. The Morgan fingerprint density at radius 1 is 1.68 bits per heavy atom. The molecule has 0 bridgehead atoms. The van der Waals surface area contributed by atoms with Gasteiger partial charge in [0.15, 0.2) is 0 Å². The van der Waals surface area contributed by atoms with Gasteiger partial charge in [0.25, 0.3) is 0 Å². The number of esters is 1. The molecule has 0 amide bonds. The van der Waals surface area contributed by atoms with E-state index < -0.39 is 17.3 Å². The van der Waals surface area contributed by atoms with Crippen LogP contribution < -0.4 is 0 Å². The highest BCUT2D eigenvalue weighted by Crippen LogP contribution is 2.42. The van der Waals surface area contributed by atoms with Crippen molar-refractivity contribution in [2.75, 3.05) is 6.61 Å². The predicted molar refractivity (Wildman–Crippen MR) is 70.6 cm³/mol. The molecule has 0 radical (unpaired) electrons. The maximum atomic E-state index is 11.9. The Morgan fingerprint density at radius 2 is 2.47 bits per heavy atom. The van der Waals surface area contributed by atoms with Crippen LogP contribution in [-0.2, 0) is 19.7 Å². The molecular weight excluding hydrogens is 262 g/mol. The molecule has 1 aromatic heterocycles. The number of ether oxygens (including phenoxy) is 1. The topological polar surface area (TPSA) is 67.2 Å². The number of hydrogen-bond acceptors (Lipinski definition) is 5. The van der Waals surface area contributed by atoms with Gasteiger partial charge < -0.3 is 4.74 Å². The second-order valence-electron chi connectivity index (χ2n) is 4.65. The number of nitriles is 1. The van der Waals surface area contributed by atoms with Gasteiger partial charge in [-0.15, -0.1) is 11.3 Å². The molecule has 5 heteroatoms. The summed E-state index contributed by atoms with van der Waals surface area (Å²) >= 11 is 1.50. The van der Waals surface area contributed by atoms with Crippen molar-refractivity contribution in [2.45, 2.75) is 31.6 Å². The first-order valence-corrected chi connectivity index (χ1v) is 7.15. The van der Waals surface area contributed by atoms with Gasteiger partial charge in [-0.2, -0.15) is 5.26 Å². The van der Waals surface area contributed by atoms with Gasteiger partial charge in [0.2, 0.25) is 0 Å². The lowest BCUT2D eigenvalue weighted by Gasteiger charge is -2.33. The summed E-state index contributed by atoms with van der Waals surface area (Å²) in [5, 5.41) is 11.4. The summed E-state index contributed by atoms with van der Waals surface area (Å²) in [5.74, 6) is -1.40. The number of ketones is 1. The Hall–Kier alpha value is -1.67. The standard InChI is InChI=1S/C14H15NO3S/c1-2-18-13(17)10-8-14(9-15,6-5-11(10)16)12-4-3-7-19-12/h3-4,7,10H,2,5-6,8H2,1H3. The van der Waals surface area contributed by atoms with E-state index in [4.69, 9.17) is 4.74 Å². The zero-order valence-electron chi connectivity index (χ0n) is 10.7. The molecule has 1 saturated carbocycles. The van der Waals surface area contributed by atoms with Crippen LogP contribution in [0.5, 0.6) is 0 Å². The van der Waals surface area contributed by atoms with E-state index in [1.54, 1.807) is 6.92 Å². The second-order valence-corrected chi connectivity index (χ2v) is 5.59. The van der Waals surface area contributed by atoms with Crippen molar-refractivity contribution in [1.29, 1.82) is 5.26 Å². The fourth-order valence-electron chi connectivity index (χ4n) is 2.46. The Balaban J connectivity index is 2.27. The molecule has 2 unspecified atom stereocenters. The zero-order valence-corrected chi connectivity index (χ0v) is 11.5. The summed E-state index contributed by atoms with van der Waals surface area (Å²) in [4.78, 5) is 24.6. The van der Waals surface area contributed by atoms with Crippen LogP contribution >= 0.6 is 11.3 Å². The summed E-state index contributed by atoms with van der Waals surface area (Å²) in [6, 6.07) is 6.10. The quantitative estimate of drug-likeness (QED) is 0.628. The van der Waals surface area contributed by atoms with Gasteiger partial charge in [-0.05, 0) is 31.2 Å². The molecule has 0 saturated heterocycles. The van der Waals surface area contributed by atoms with Gasteiger partial charge >= 0.3 is 5.97 Å². The molecule has 1 heterocycles. The lowest BCUT2D eigenvalue weighted by atomic mass is 9.69. The largest absolute Gasteiger partial charge is 0.465 e. The SMILES string of the molecule is CCOC(=O)C1CC(C#N)(c2cccs2)CCC1=O. The van der Waals surface area contributed by atoms with Crippen molar-refractivity contribution >= 4 is 23.1 Å². The third-order valence-electron chi connectivity index (χ3n) is 3.52. The third kappa shape index (κ3) is 2.54. The molecule has 0 aliphatic heterocycles. The molecular formula is C14H15NO3S. The number of hydrogen-bond donors (Lipinski definition) is 0. The van der Waals surface area contributed by atoms with Crippen molar-refractivity contribution < 1.29 is 14.3 Å². The molecule has 1 aliphatic rings. The predicted octanol–water partition coefficient (Wildman–Crippen LogP) is 2.44. The molecule has 100 valence electrons. The molecule has 2 atom stereocenters. The lowest BCUT2D eigenvalue weighted by molar-refractivity contribution is -0.153. The van der Waals surface area contributed by atoms with E-state index in [0.29, 0.717) is 6.42 Å². The van der Waals surface area contributed by atoms with Crippen LogP contribution in [0.25, 0.3) is 0 Å². The van der Waals surface area contributed by atoms with Crippen molar-refractivity contribution in [3.8, 4) is 6.07 Å². The normalized spacial score (nSPS) is 26.7. The van der Waals surface area contributed by atoms with Crippen LogP contribution in [0, 0.1) is 17.2 Å². The van der Waals surface area contributed by atoms with Crippen molar-refractivity contribution in [3.63, 3.8) is 0 Å². The van der Waals surface area contributed by atoms with Gasteiger partial charge in [0, 0.05) is 11.3 Å². The average Bonchev–Trinajstić information content (AvgIpc) is 2.94. The van der Waals surface area contributed by atoms with Crippen LogP contribution in [0.4, 0.5) is 0 Å². The van der Waals surface area contributed by atoms with E-state index in [0.717, 1.165) is 4.88 Å². The van der Waals surface area contributed by atoms with E-state index in [-0.39, 0.29) is 25.2 Å². The Bertz CT molecular complexity index is 517. The van der Waals surface area contributed by atoms with E-state index in [1.165, 1.54) is 11.3 Å². The van der Waals surface area contributed by atoms with Crippen LogP contribution in [0.1, 0.15) is 31.1 Å². The Kier molecular flexibility index (Phi) is 4.01. The van der Waals surface area contributed by atoms with Gasteiger partial charge in [-0.1, -0.05) is 6.07 Å². The highest BCUT2D eigenvalue weighted by molar-refractivity contribution is 7.10. The number of nitrogens with zero attached hydrogens (tertiary/aromatic N) is 1. The highest BCUT2D eigenvalue weighted by atomic mass is 32.1. The first-order valence-electron chi connectivity index (χ1n) is 6.27. The first kappa shape index (κ1) is 13.8. The molecule has 19 heavy (non-hydrogen) atoms. The minimum Gasteiger partial charge on any atom is -0.465 e. The molecule has 0 aromatic carbocycles. The van der Waals surface area contributed by atoms with Gasteiger partial charge in [-0.3, -0.25) is 9.59 Å². The number of carbonyl (C=O) groups is 2. The number of thiophene rings is 1. The number of rotatable bonds is 3. The molecule has 1 fully saturated rings. The Morgan fingerprint density at radius 3 is 3.05 bits per heavy atom. The van der Waals surface area contributed by atoms with Crippen LogP contribution in [-0.4, -0.2) is 18.4 Å². The maximum absolute atomic E-state index is 11.9. The molecule has 2 rings (SSSR count). The van der Waals surface area contributed by atoms with E-state index in [1.807, 2.05) is 17.5 Å². The third-order valence-corrected chi connectivity index (χ3v) is 4.59. The summed E-state index contributed by atoms with van der Waals surface area (Å²) in [7, 11) is 0. The smallest absolute Gasteiger partial charge is 0.316 e. The minimum atomic E-state index is -0.796. The van der Waals surface area contributed by atoms with E-state index >= 15 is 0 Å². The van der Waals surface area contributed by atoms with E-state index in [2.05, 4.69) is 6.07 Å². The fraction of sp³-hybridized carbons (Fsp3) is 0.500. The molecule has 4 nitrogen and oxygen atoms in total. The molecule has 1 aliphatic carbocycles. The first-order chi connectivity index (χ1) is 9.13. The number of carbonyl (C=O) groups excluding carboxylic acids is 2. The maximum Gasteiger partial charge on any atom is 0.316 e. The second kappa shape index (κ2) is 5.54. The zero-order chi connectivity index (χ0) is 13.9. The Labute approximate surface area is 116 Å². The van der Waals surface area contributed by atoms with Gasteiger partial charge in [-0.25, -0.2) is 0 Å². The summed E-state index contributed by atoms with van der Waals surface area (Å²) in [6.45, 7) is 1.96.